The van der Waals surface area contributed by atoms with Gasteiger partial charge in [-0.2, -0.15) is 5.26 Å². The normalized spacial score (nSPS) is 11.5. The molecule has 2 N–H and O–H groups in total. The van der Waals surface area contributed by atoms with Gasteiger partial charge in [0.1, 0.15) is 5.82 Å². The van der Waals surface area contributed by atoms with Gasteiger partial charge in [0, 0.05) is 22.2 Å². The molecule has 0 amide bonds. The Kier molecular flexibility index (Phi) is 5.43. The van der Waals surface area contributed by atoms with Crippen molar-refractivity contribution in [1.82, 2.24) is 15.0 Å². The zero-order valence-corrected chi connectivity index (χ0v) is 20.4. The fourth-order valence-electron chi connectivity index (χ4n) is 3.86. The van der Waals surface area contributed by atoms with E-state index >= 15 is 0 Å². The monoisotopic (exact) mass is 463 g/mol. The predicted octanol–water partition coefficient (Wildman–Crippen LogP) is 7.57. The number of hydrogen-bond donors (Lipinski definition) is 2. The summed E-state index contributed by atoms with van der Waals surface area (Å²) in [7, 11) is 0. The standard InChI is InChI=1S/C28H25N5S/c1-17-12-23-24(31-26(30-23)20-6-5-7-21(13-20)28(2,3)4)14-22(17)32-27-33-25(16-34-27)19-10-8-18(15-29)9-11-19/h5-14,16H,1-4H3,(H,30,31)(H,32,33). The molecule has 168 valence electrons. The third kappa shape index (κ3) is 4.30. The number of anilines is 2. The van der Waals surface area contributed by atoms with Crippen LogP contribution in [-0.2, 0) is 5.41 Å². The van der Waals surface area contributed by atoms with Gasteiger partial charge in [-0.1, -0.05) is 51.1 Å². The van der Waals surface area contributed by atoms with Crippen LogP contribution in [0.2, 0.25) is 0 Å². The lowest BCUT2D eigenvalue weighted by molar-refractivity contribution is 0.590. The zero-order chi connectivity index (χ0) is 23.9. The van der Waals surface area contributed by atoms with Crippen LogP contribution in [0.15, 0.2) is 66.0 Å². The van der Waals surface area contributed by atoms with E-state index in [9.17, 15) is 0 Å². The third-order valence-corrected chi connectivity index (χ3v) is 6.64. The number of aromatic nitrogens is 3. The first-order valence-corrected chi connectivity index (χ1v) is 12.0. The lowest BCUT2D eigenvalue weighted by atomic mass is 9.86. The summed E-state index contributed by atoms with van der Waals surface area (Å²) in [6.45, 7) is 8.74. The van der Waals surface area contributed by atoms with Gasteiger partial charge in [-0.25, -0.2) is 9.97 Å². The minimum Gasteiger partial charge on any atom is -0.338 e. The molecular weight excluding hydrogens is 438 g/mol. The first-order valence-electron chi connectivity index (χ1n) is 11.1. The van der Waals surface area contributed by atoms with Crippen LogP contribution in [0.25, 0.3) is 33.7 Å². The number of aryl methyl sites for hydroxylation is 1. The molecule has 0 saturated heterocycles. The quantitative estimate of drug-likeness (QED) is 0.288. The number of rotatable bonds is 4. The van der Waals surface area contributed by atoms with Crippen molar-refractivity contribution in [3.63, 3.8) is 0 Å². The maximum Gasteiger partial charge on any atom is 0.187 e. The fraction of sp³-hybridized carbons (Fsp3) is 0.179. The van der Waals surface area contributed by atoms with Crippen molar-refractivity contribution in [2.45, 2.75) is 33.1 Å². The zero-order valence-electron chi connectivity index (χ0n) is 19.6. The van der Waals surface area contributed by atoms with Gasteiger partial charge < -0.3 is 10.3 Å². The predicted molar refractivity (Wildman–Crippen MR) is 141 cm³/mol. The second-order valence-electron chi connectivity index (χ2n) is 9.45. The van der Waals surface area contributed by atoms with Crippen LogP contribution in [0.4, 0.5) is 10.8 Å². The van der Waals surface area contributed by atoms with E-state index in [0.717, 1.165) is 50.1 Å². The number of aromatic amines is 1. The molecule has 0 fully saturated rings. The summed E-state index contributed by atoms with van der Waals surface area (Å²) in [6, 6.07) is 22.4. The smallest absolute Gasteiger partial charge is 0.187 e. The Morgan fingerprint density at radius 3 is 2.50 bits per heavy atom. The molecule has 3 aromatic carbocycles. The largest absolute Gasteiger partial charge is 0.338 e. The fourth-order valence-corrected chi connectivity index (χ4v) is 4.60. The molecule has 0 aliphatic rings. The minimum atomic E-state index is 0.0834. The molecule has 0 saturated carbocycles. The minimum absolute atomic E-state index is 0.0834. The van der Waals surface area contributed by atoms with E-state index in [4.69, 9.17) is 15.2 Å². The molecule has 5 nitrogen and oxygen atoms in total. The summed E-state index contributed by atoms with van der Waals surface area (Å²) in [5, 5.41) is 15.3. The SMILES string of the molecule is Cc1cc2[nH]c(-c3cccc(C(C)(C)C)c3)nc2cc1Nc1nc(-c2ccc(C#N)cc2)cs1. The van der Waals surface area contributed by atoms with E-state index in [2.05, 4.69) is 80.5 Å². The number of imidazole rings is 1. The van der Waals surface area contributed by atoms with Crippen LogP contribution in [0, 0.1) is 18.3 Å². The number of nitrogens with one attached hydrogen (secondary N) is 2. The van der Waals surface area contributed by atoms with E-state index < -0.39 is 0 Å². The Hall–Kier alpha value is -3.95. The van der Waals surface area contributed by atoms with Crippen molar-refractivity contribution in [3.05, 3.63) is 82.7 Å². The highest BCUT2D eigenvalue weighted by Gasteiger charge is 2.16. The summed E-state index contributed by atoms with van der Waals surface area (Å²) in [5.74, 6) is 0.870. The number of fused-ring (bicyclic) bond motifs is 1. The molecule has 0 aliphatic heterocycles. The highest BCUT2D eigenvalue weighted by atomic mass is 32.1. The Morgan fingerprint density at radius 2 is 1.76 bits per heavy atom. The Labute approximate surface area is 203 Å². The van der Waals surface area contributed by atoms with Crippen LogP contribution >= 0.6 is 11.3 Å². The van der Waals surface area contributed by atoms with E-state index in [-0.39, 0.29) is 5.41 Å². The summed E-state index contributed by atoms with van der Waals surface area (Å²) in [4.78, 5) is 13.1. The number of benzene rings is 3. The maximum absolute atomic E-state index is 9.00. The molecule has 5 aromatic rings. The van der Waals surface area contributed by atoms with Gasteiger partial charge in [0.2, 0.25) is 0 Å². The van der Waals surface area contributed by atoms with Crippen LogP contribution in [0.1, 0.15) is 37.5 Å². The molecule has 34 heavy (non-hydrogen) atoms. The lowest BCUT2D eigenvalue weighted by Gasteiger charge is -2.19. The van der Waals surface area contributed by atoms with E-state index in [1.807, 2.05) is 29.6 Å². The number of H-pyrrole nitrogens is 1. The van der Waals surface area contributed by atoms with E-state index in [1.165, 1.54) is 5.56 Å². The van der Waals surface area contributed by atoms with Crippen LogP contribution in [-0.4, -0.2) is 15.0 Å². The maximum atomic E-state index is 9.00. The topological polar surface area (TPSA) is 77.4 Å². The molecule has 0 aliphatic carbocycles. The molecule has 0 bridgehead atoms. The van der Waals surface area contributed by atoms with Gasteiger partial charge in [0.25, 0.3) is 0 Å². The highest BCUT2D eigenvalue weighted by molar-refractivity contribution is 7.14. The third-order valence-electron chi connectivity index (χ3n) is 5.89. The van der Waals surface area contributed by atoms with Gasteiger partial charge >= 0.3 is 0 Å². The van der Waals surface area contributed by atoms with Crippen molar-refractivity contribution in [3.8, 4) is 28.7 Å². The van der Waals surface area contributed by atoms with Gasteiger partial charge in [0.15, 0.2) is 5.13 Å². The Morgan fingerprint density at radius 1 is 0.971 bits per heavy atom. The van der Waals surface area contributed by atoms with Gasteiger partial charge in [-0.05, 0) is 53.8 Å². The van der Waals surface area contributed by atoms with E-state index in [1.54, 1.807) is 11.3 Å². The summed E-state index contributed by atoms with van der Waals surface area (Å²) < 4.78 is 0. The Bertz CT molecular complexity index is 1530. The van der Waals surface area contributed by atoms with Crippen molar-refractivity contribution < 1.29 is 0 Å². The van der Waals surface area contributed by atoms with Crippen molar-refractivity contribution in [2.75, 3.05) is 5.32 Å². The van der Waals surface area contributed by atoms with Crippen molar-refractivity contribution in [1.29, 1.82) is 5.26 Å². The first kappa shape index (κ1) is 21.9. The summed E-state index contributed by atoms with van der Waals surface area (Å²) in [5.41, 5.74) is 8.99. The molecule has 0 atom stereocenters. The molecule has 2 heterocycles. The Balaban J connectivity index is 1.43. The van der Waals surface area contributed by atoms with Gasteiger partial charge in [-0.15, -0.1) is 11.3 Å². The lowest BCUT2D eigenvalue weighted by Crippen LogP contribution is -2.10. The molecule has 5 rings (SSSR count). The second kappa shape index (κ2) is 8.44. The molecule has 6 heteroatoms. The molecule has 2 aromatic heterocycles. The highest BCUT2D eigenvalue weighted by Crippen LogP contribution is 2.32. The summed E-state index contributed by atoms with van der Waals surface area (Å²) >= 11 is 1.55. The number of nitriles is 1. The number of nitrogens with zero attached hydrogens (tertiary/aromatic N) is 3. The number of thiazole rings is 1. The first-order chi connectivity index (χ1) is 16.3. The number of hydrogen-bond acceptors (Lipinski definition) is 5. The van der Waals surface area contributed by atoms with Crippen LogP contribution in [0.3, 0.4) is 0 Å². The second-order valence-corrected chi connectivity index (χ2v) is 10.3. The van der Waals surface area contributed by atoms with E-state index in [0.29, 0.717) is 5.56 Å². The average molecular weight is 464 g/mol. The van der Waals surface area contributed by atoms with Crippen molar-refractivity contribution >= 4 is 33.2 Å². The van der Waals surface area contributed by atoms with Crippen LogP contribution < -0.4 is 5.32 Å². The summed E-state index contributed by atoms with van der Waals surface area (Å²) in [6.07, 6.45) is 0. The molecule has 0 radical (unpaired) electrons. The molecular formula is C28H25N5S. The van der Waals surface area contributed by atoms with Crippen molar-refractivity contribution in [2.24, 2.45) is 0 Å². The van der Waals surface area contributed by atoms with Gasteiger partial charge in [0.05, 0.1) is 28.4 Å². The average Bonchev–Trinajstić information content (AvgIpc) is 3.46. The molecule has 0 spiro atoms. The van der Waals surface area contributed by atoms with Gasteiger partial charge in [-0.3, -0.25) is 0 Å². The molecule has 0 unspecified atom stereocenters. The van der Waals surface area contributed by atoms with Crippen LogP contribution in [0.5, 0.6) is 0 Å².